The molecular formula is C55H88N4O22. The van der Waals surface area contributed by atoms with E-state index in [-0.39, 0.29) is 116 Å². The fraction of sp³-hybridized carbons (Fsp3) is 0.691. The topological polar surface area (TPSA) is 264 Å². The summed E-state index contributed by atoms with van der Waals surface area (Å²) in [7, 11) is 6.36. The third-order valence-corrected chi connectivity index (χ3v) is 11.4. The van der Waals surface area contributed by atoms with Crippen molar-refractivity contribution in [3.8, 4) is 11.5 Å². The number of amides is 2. The minimum Gasteiger partial charge on any atom is -0.463 e. The SMILES string of the molecule is CCNC(=O)N1c2ccc(N(CCC(=O)OCCOCCOCCOC)CCC(=O)OCCOCCOCCOC)cc2Oc2cc(N(CCC(=O)OCCOCCOCCOC)CCC(=O)OCCOCCOCCOC)ccc21. The largest absolute Gasteiger partial charge is 0.463 e. The number of fused-ring (bicyclic) bond motifs is 2. The summed E-state index contributed by atoms with van der Waals surface area (Å²) in [6, 6.07) is 10.00. The smallest absolute Gasteiger partial charge is 0.326 e. The van der Waals surface area contributed by atoms with Gasteiger partial charge in [-0.2, -0.15) is 0 Å². The Kier molecular flexibility index (Phi) is 39.7. The van der Waals surface area contributed by atoms with Crippen LogP contribution in [0.15, 0.2) is 36.4 Å². The summed E-state index contributed by atoms with van der Waals surface area (Å²) >= 11 is 0. The van der Waals surface area contributed by atoms with Crippen LogP contribution in [0.1, 0.15) is 32.6 Å². The molecule has 26 heteroatoms. The monoisotopic (exact) mass is 1160 g/mol. The Hall–Kier alpha value is -5.49. The molecule has 1 aliphatic heterocycles. The Morgan fingerprint density at radius 3 is 0.914 bits per heavy atom. The number of methoxy groups -OCH3 is 4. The van der Waals surface area contributed by atoms with E-state index in [9.17, 15) is 24.0 Å². The van der Waals surface area contributed by atoms with Gasteiger partial charge in [0, 0.05) is 84.7 Å². The highest BCUT2D eigenvalue weighted by molar-refractivity contribution is 6.04. The summed E-state index contributed by atoms with van der Waals surface area (Å²) in [5, 5.41) is 2.88. The molecule has 0 saturated heterocycles. The highest BCUT2D eigenvalue weighted by Crippen LogP contribution is 2.49. The summed E-state index contributed by atoms with van der Waals surface area (Å²) in [5.41, 5.74) is 1.98. The summed E-state index contributed by atoms with van der Waals surface area (Å²) in [6.07, 6.45) is -0.169. The molecule has 0 aliphatic carbocycles. The first-order valence-electron chi connectivity index (χ1n) is 27.4. The number of carbonyl (C=O) groups is 5. The van der Waals surface area contributed by atoms with Crippen molar-refractivity contribution in [3.63, 3.8) is 0 Å². The highest BCUT2D eigenvalue weighted by atomic mass is 16.6. The van der Waals surface area contributed by atoms with Crippen LogP contribution in [-0.4, -0.2) is 250 Å². The van der Waals surface area contributed by atoms with E-state index in [2.05, 4.69) is 5.32 Å². The average molecular weight is 1160 g/mol. The predicted molar refractivity (Wildman–Crippen MR) is 295 cm³/mol. The Morgan fingerprint density at radius 1 is 0.395 bits per heavy atom. The lowest BCUT2D eigenvalue weighted by Crippen LogP contribution is -2.38. The second kappa shape index (κ2) is 46.0. The quantitative estimate of drug-likeness (QED) is 0.0562. The molecule has 2 aromatic rings. The first kappa shape index (κ1) is 69.8. The van der Waals surface area contributed by atoms with Gasteiger partial charge >= 0.3 is 29.9 Å². The van der Waals surface area contributed by atoms with Gasteiger partial charge in [-0.25, -0.2) is 4.79 Å². The molecule has 2 amide bonds. The van der Waals surface area contributed by atoms with Gasteiger partial charge < -0.3 is 95.6 Å². The fourth-order valence-corrected chi connectivity index (χ4v) is 7.28. The van der Waals surface area contributed by atoms with E-state index >= 15 is 0 Å². The van der Waals surface area contributed by atoms with Crippen LogP contribution < -0.4 is 24.8 Å². The summed E-state index contributed by atoms with van der Waals surface area (Å²) < 4.78 is 91.9. The zero-order valence-electron chi connectivity index (χ0n) is 48.1. The maximum absolute atomic E-state index is 13.9. The molecule has 0 radical (unpaired) electrons. The van der Waals surface area contributed by atoms with E-state index in [0.717, 1.165) is 0 Å². The maximum Gasteiger partial charge on any atom is 0.326 e. The van der Waals surface area contributed by atoms with Gasteiger partial charge in [-0.3, -0.25) is 24.1 Å². The lowest BCUT2D eigenvalue weighted by Gasteiger charge is -2.34. The Balaban J connectivity index is 1.81. The number of nitrogens with one attached hydrogen (secondary N) is 1. The number of ether oxygens (including phenoxy) is 17. The first-order valence-corrected chi connectivity index (χ1v) is 27.4. The number of rotatable bonds is 51. The van der Waals surface area contributed by atoms with Gasteiger partial charge in [0.05, 0.1) is 169 Å². The van der Waals surface area contributed by atoms with Crippen LogP contribution >= 0.6 is 0 Å². The molecule has 0 atom stereocenters. The van der Waals surface area contributed by atoms with E-state index < -0.39 is 29.9 Å². The standard InChI is InChI=1S/C55H88N4O22/c1-6-56-55(64)59-47-9-7-45(57(15-11-51(60)77-39-35-73-31-27-69-23-19-65-2)16-12-52(61)78-40-36-74-32-28-70-24-20-66-3)43-49(47)81-50-44-46(8-10-48(50)59)58(17-13-53(62)79-41-37-75-33-29-71-25-21-67-4)18-14-54(63)80-42-38-76-34-30-72-26-22-68-5/h7-10,43-44H,6,11-42H2,1-5H3,(H,56,64). The van der Waals surface area contributed by atoms with E-state index in [1.165, 1.54) is 4.90 Å². The zero-order chi connectivity index (χ0) is 58.4. The van der Waals surface area contributed by atoms with Crippen LogP contribution in [0.3, 0.4) is 0 Å². The second-order valence-corrected chi connectivity index (χ2v) is 17.3. The molecule has 0 aromatic heterocycles. The number of carbonyl (C=O) groups excluding carboxylic acids is 5. The Labute approximate surface area is 476 Å². The minimum atomic E-state index is -0.482. The van der Waals surface area contributed by atoms with Crippen LogP contribution in [0.5, 0.6) is 11.5 Å². The van der Waals surface area contributed by atoms with Crippen LogP contribution in [0.4, 0.5) is 27.5 Å². The van der Waals surface area contributed by atoms with Crippen LogP contribution in [0.2, 0.25) is 0 Å². The van der Waals surface area contributed by atoms with Crippen LogP contribution in [0, 0.1) is 0 Å². The molecule has 0 unspecified atom stereocenters. The maximum atomic E-state index is 13.9. The third-order valence-electron chi connectivity index (χ3n) is 11.4. The van der Waals surface area contributed by atoms with E-state index in [4.69, 9.17) is 80.5 Å². The van der Waals surface area contributed by atoms with Crippen molar-refractivity contribution in [2.45, 2.75) is 32.6 Å². The van der Waals surface area contributed by atoms with Gasteiger partial charge in [0.2, 0.25) is 0 Å². The number of hydrogen-bond donors (Lipinski definition) is 1. The summed E-state index contributed by atoms with van der Waals surface area (Å²) in [4.78, 5) is 71.2. The Morgan fingerprint density at radius 2 is 0.654 bits per heavy atom. The van der Waals surface area contributed by atoms with Crippen molar-refractivity contribution in [3.05, 3.63) is 36.4 Å². The summed E-state index contributed by atoms with van der Waals surface area (Å²) in [5.74, 6) is -1.35. The molecule has 1 aliphatic rings. The molecule has 0 saturated carbocycles. The van der Waals surface area contributed by atoms with Crippen molar-refractivity contribution < 1.29 is 104 Å². The molecule has 1 heterocycles. The molecule has 2 aromatic carbocycles. The van der Waals surface area contributed by atoms with Gasteiger partial charge in [-0.15, -0.1) is 0 Å². The normalized spacial score (nSPS) is 11.6. The summed E-state index contributed by atoms with van der Waals surface area (Å²) in [6.45, 7) is 9.98. The van der Waals surface area contributed by atoms with Gasteiger partial charge in [0.1, 0.15) is 26.4 Å². The molecule has 1 N–H and O–H groups in total. The lowest BCUT2D eigenvalue weighted by molar-refractivity contribution is -0.146. The number of benzene rings is 2. The average Bonchev–Trinajstić information content (AvgIpc) is 3.55. The second-order valence-electron chi connectivity index (χ2n) is 17.3. The minimum absolute atomic E-state index is 0.0327. The highest BCUT2D eigenvalue weighted by Gasteiger charge is 2.31. The van der Waals surface area contributed by atoms with Gasteiger partial charge in [-0.1, -0.05) is 0 Å². The van der Waals surface area contributed by atoms with E-state index in [0.29, 0.717) is 135 Å². The molecule has 0 fully saturated rings. The van der Waals surface area contributed by atoms with Gasteiger partial charge in [0.15, 0.2) is 11.5 Å². The Bertz CT molecular complexity index is 1820. The molecule has 3 rings (SSSR count). The van der Waals surface area contributed by atoms with Gasteiger partial charge in [-0.05, 0) is 31.2 Å². The van der Waals surface area contributed by atoms with Crippen molar-refractivity contribution in [2.75, 3.05) is 234 Å². The van der Waals surface area contributed by atoms with Crippen molar-refractivity contribution in [1.82, 2.24) is 5.32 Å². The molecule has 26 nitrogen and oxygen atoms in total. The van der Waals surface area contributed by atoms with Crippen molar-refractivity contribution in [2.24, 2.45) is 0 Å². The van der Waals surface area contributed by atoms with Crippen LogP contribution in [-0.2, 0) is 95.0 Å². The number of anilines is 4. The fourth-order valence-electron chi connectivity index (χ4n) is 7.28. The number of urea groups is 1. The zero-order valence-corrected chi connectivity index (χ0v) is 48.1. The molecular weight excluding hydrogens is 1070 g/mol. The number of nitrogens with zero attached hydrogens (tertiary/aromatic N) is 3. The lowest BCUT2D eigenvalue weighted by atomic mass is 10.1. The number of hydrogen-bond acceptors (Lipinski definition) is 24. The first-order chi connectivity index (χ1) is 39.6. The molecule has 0 bridgehead atoms. The van der Waals surface area contributed by atoms with E-state index in [1.54, 1.807) is 71.8 Å². The number of esters is 4. The van der Waals surface area contributed by atoms with Crippen LogP contribution in [0.25, 0.3) is 0 Å². The van der Waals surface area contributed by atoms with Gasteiger partial charge in [0.25, 0.3) is 0 Å². The molecule has 460 valence electrons. The van der Waals surface area contributed by atoms with Crippen molar-refractivity contribution >= 4 is 52.7 Å². The molecule has 0 spiro atoms. The van der Waals surface area contributed by atoms with E-state index in [1.807, 2.05) is 9.80 Å². The molecule has 81 heavy (non-hydrogen) atoms. The van der Waals surface area contributed by atoms with Crippen molar-refractivity contribution in [1.29, 1.82) is 0 Å². The third kappa shape index (κ3) is 31.5. The predicted octanol–water partition coefficient (Wildman–Crippen LogP) is 3.72.